The van der Waals surface area contributed by atoms with Gasteiger partial charge in [0, 0.05) is 6.42 Å². The van der Waals surface area contributed by atoms with E-state index in [1.165, 1.54) is 0 Å². The minimum absolute atomic E-state index is 0.497. The topological polar surface area (TPSA) is 32.8 Å². The smallest absolute Gasteiger partial charge is 0.220 e. The van der Waals surface area contributed by atoms with Crippen LogP contribution in [0, 0.1) is 0 Å². The summed E-state index contributed by atoms with van der Waals surface area (Å²) in [6, 6.07) is 0. The van der Waals surface area contributed by atoms with E-state index in [1.807, 2.05) is 12.2 Å². The Hall–Kier alpha value is -0.860. The number of fused-ring (bicyclic) bond motifs is 1. The summed E-state index contributed by atoms with van der Waals surface area (Å²) in [6.07, 6.45) is 9.61. The number of aliphatic hydroxyl groups is 1. The fourth-order valence-electron chi connectivity index (χ4n) is 1.45. The zero-order valence-electron chi connectivity index (χ0n) is 6.16. The fraction of sp³-hybridized carbons (Fsp3) is 0.333. The molecular formula is C9H10O2. The number of epoxide rings is 1. The molecule has 0 aromatic heterocycles. The van der Waals surface area contributed by atoms with Gasteiger partial charge in [0.25, 0.3) is 0 Å². The molecule has 2 nitrogen and oxygen atoms in total. The van der Waals surface area contributed by atoms with E-state index >= 15 is 0 Å². The van der Waals surface area contributed by atoms with Crippen molar-refractivity contribution in [2.75, 3.05) is 0 Å². The SMILES string of the molecule is C=CCC12C=CC=CC1(O)O2. The summed E-state index contributed by atoms with van der Waals surface area (Å²) in [5, 5.41) is 9.62. The van der Waals surface area contributed by atoms with Gasteiger partial charge in [0.1, 0.15) is 0 Å². The molecule has 58 valence electrons. The standard InChI is InChI=1S/C9H10O2/c1-2-5-8-6-3-4-7-9(8,10)11-8/h2-4,6-7,10H,1,5H2. The zero-order valence-corrected chi connectivity index (χ0v) is 6.16. The molecule has 1 aliphatic carbocycles. The first-order valence-corrected chi connectivity index (χ1v) is 3.63. The molecule has 2 heteroatoms. The van der Waals surface area contributed by atoms with Crippen LogP contribution < -0.4 is 0 Å². The second kappa shape index (κ2) is 1.84. The normalized spacial score (nSPS) is 45.2. The monoisotopic (exact) mass is 150 g/mol. The molecule has 1 saturated heterocycles. The van der Waals surface area contributed by atoms with Crippen molar-refractivity contribution in [3.8, 4) is 0 Å². The molecule has 2 atom stereocenters. The Morgan fingerprint density at radius 1 is 1.45 bits per heavy atom. The minimum atomic E-state index is -1.05. The fourth-order valence-corrected chi connectivity index (χ4v) is 1.45. The van der Waals surface area contributed by atoms with Crippen molar-refractivity contribution in [3.63, 3.8) is 0 Å². The Labute approximate surface area is 65.5 Å². The van der Waals surface area contributed by atoms with E-state index < -0.39 is 11.4 Å². The highest BCUT2D eigenvalue weighted by atomic mass is 16.7. The lowest BCUT2D eigenvalue weighted by atomic mass is 9.94. The maximum absolute atomic E-state index is 9.62. The number of hydrogen-bond donors (Lipinski definition) is 1. The number of rotatable bonds is 2. The van der Waals surface area contributed by atoms with Crippen molar-refractivity contribution < 1.29 is 9.84 Å². The minimum Gasteiger partial charge on any atom is -0.360 e. The van der Waals surface area contributed by atoms with Gasteiger partial charge in [0.15, 0.2) is 5.60 Å². The van der Waals surface area contributed by atoms with Crippen LogP contribution in [0.4, 0.5) is 0 Å². The van der Waals surface area contributed by atoms with Crippen LogP contribution in [-0.2, 0) is 4.74 Å². The number of hydrogen-bond acceptors (Lipinski definition) is 2. The van der Waals surface area contributed by atoms with Gasteiger partial charge in [-0.05, 0) is 12.2 Å². The maximum Gasteiger partial charge on any atom is 0.220 e. The van der Waals surface area contributed by atoms with E-state index in [0.29, 0.717) is 6.42 Å². The molecule has 0 bridgehead atoms. The summed E-state index contributed by atoms with van der Waals surface area (Å²) in [6.45, 7) is 3.61. The van der Waals surface area contributed by atoms with Crippen LogP contribution in [0.25, 0.3) is 0 Å². The molecule has 1 N–H and O–H groups in total. The molecule has 0 saturated carbocycles. The highest BCUT2D eigenvalue weighted by Crippen LogP contribution is 2.52. The molecule has 1 heterocycles. The number of allylic oxidation sites excluding steroid dienone is 2. The highest BCUT2D eigenvalue weighted by Gasteiger charge is 2.66. The van der Waals surface area contributed by atoms with Gasteiger partial charge in [-0.25, -0.2) is 0 Å². The van der Waals surface area contributed by atoms with E-state index in [1.54, 1.807) is 18.2 Å². The second-order valence-electron chi connectivity index (χ2n) is 2.90. The van der Waals surface area contributed by atoms with E-state index in [2.05, 4.69) is 6.58 Å². The van der Waals surface area contributed by atoms with E-state index in [4.69, 9.17) is 4.74 Å². The van der Waals surface area contributed by atoms with Gasteiger partial charge in [-0.2, -0.15) is 0 Å². The van der Waals surface area contributed by atoms with Crippen LogP contribution >= 0.6 is 0 Å². The van der Waals surface area contributed by atoms with Crippen molar-refractivity contribution in [1.82, 2.24) is 0 Å². The lowest BCUT2D eigenvalue weighted by Gasteiger charge is -2.08. The Morgan fingerprint density at radius 3 is 2.82 bits per heavy atom. The molecule has 0 aromatic carbocycles. The van der Waals surface area contributed by atoms with Gasteiger partial charge in [-0.3, -0.25) is 0 Å². The summed E-state index contributed by atoms with van der Waals surface area (Å²) >= 11 is 0. The van der Waals surface area contributed by atoms with Crippen LogP contribution in [0.1, 0.15) is 6.42 Å². The summed E-state index contributed by atoms with van der Waals surface area (Å²) in [5.41, 5.74) is -0.497. The highest BCUT2D eigenvalue weighted by molar-refractivity contribution is 5.35. The van der Waals surface area contributed by atoms with Crippen LogP contribution in [-0.4, -0.2) is 16.5 Å². The predicted octanol–water partition coefficient (Wildman–Crippen LogP) is 1.15. The first-order valence-electron chi connectivity index (χ1n) is 3.63. The van der Waals surface area contributed by atoms with E-state index in [-0.39, 0.29) is 0 Å². The molecule has 2 rings (SSSR count). The predicted molar refractivity (Wildman–Crippen MR) is 41.9 cm³/mol. The Morgan fingerprint density at radius 2 is 2.18 bits per heavy atom. The molecule has 0 aromatic rings. The molecule has 2 unspecified atom stereocenters. The van der Waals surface area contributed by atoms with E-state index in [0.717, 1.165) is 0 Å². The van der Waals surface area contributed by atoms with Crippen LogP contribution in [0.5, 0.6) is 0 Å². The lowest BCUT2D eigenvalue weighted by Crippen LogP contribution is -2.22. The zero-order chi connectivity index (χ0) is 7.95. The van der Waals surface area contributed by atoms with Crippen LogP contribution in [0.15, 0.2) is 37.0 Å². The Bertz CT molecular complexity index is 254. The Kier molecular flexibility index (Phi) is 1.14. The Balaban J connectivity index is 2.26. The third-order valence-electron chi connectivity index (χ3n) is 2.15. The molecule has 2 aliphatic rings. The van der Waals surface area contributed by atoms with Crippen LogP contribution in [0.2, 0.25) is 0 Å². The van der Waals surface area contributed by atoms with Crippen molar-refractivity contribution in [3.05, 3.63) is 37.0 Å². The van der Waals surface area contributed by atoms with E-state index in [9.17, 15) is 5.11 Å². The third-order valence-corrected chi connectivity index (χ3v) is 2.15. The first-order chi connectivity index (χ1) is 5.22. The molecule has 0 spiro atoms. The van der Waals surface area contributed by atoms with Crippen molar-refractivity contribution in [2.24, 2.45) is 0 Å². The average molecular weight is 150 g/mol. The summed E-state index contributed by atoms with van der Waals surface area (Å²) in [7, 11) is 0. The van der Waals surface area contributed by atoms with Gasteiger partial charge in [0.05, 0.1) is 0 Å². The maximum atomic E-state index is 9.62. The van der Waals surface area contributed by atoms with Gasteiger partial charge in [0.2, 0.25) is 5.79 Å². The summed E-state index contributed by atoms with van der Waals surface area (Å²) in [4.78, 5) is 0. The summed E-state index contributed by atoms with van der Waals surface area (Å²) in [5.74, 6) is -1.05. The third kappa shape index (κ3) is 0.737. The average Bonchev–Trinajstić information content (AvgIpc) is 2.56. The van der Waals surface area contributed by atoms with Gasteiger partial charge in [-0.15, -0.1) is 6.58 Å². The second-order valence-corrected chi connectivity index (χ2v) is 2.90. The molecule has 11 heavy (non-hydrogen) atoms. The van der Waals surface area contributed by atoms with Gasteiger partial charge < -0.3 is 9.84 Å². The quantitative estimate of drug-likeness (QED) is 0.473. The molecule has 0 radical (unpaired) electrons. The van der Waals surface area contributed by atoms with Crippen molar-refractivity contribution >= 4 is 0 Å². The summed E-state index contributed by atoms with van der Waals surface area (Å²) < 4.78 is 5.20. The molecule has 0 amide bonds. The van der Waals surface area contributed by atoms with Crippen molar-refractivity contribution in [1.29, 1.82) is 0 Å². The van der Waals surface area contributed by atoms with Crippen molar-refractivity contribution in [2.45, 2.75) is 17.8 Å². The number of ether oxygens (including phenoxy) is 1. The lowest BCUT2D eigenvalue weighted by molar-refractivity contribution is 0.0825. The van der Waals surface area contributed by atoms with Gasteiger partial charge in [-0.1, -0.05) is 18.2 Å². The molecular weight excluding hydrogens is 140 g/mol. The van der Waals surface area contributed by atoms with Crippen LogP contribution in [0.3, 0.4) is 0 Å². The first kappa shape index (κ1) is 6.83. The molecule has 1 fully saturated rings. The van der Waals surface area contributed by atoms with Gasteiger partial charge >= 0.3 is 0 Å². The largest absolute Gasteiger partial charge is 0.360 e. The molecule has 1 aliphatic heterocycles.